The van der Waals surface area contributed by atoms with Crippen molar-refractivity contribution in [3.63, 3.8) is 0 Å². The van der Waals surface area contributed by atoms with Crippen LogP contribution in [0.15, 0.2) is 96.2 Å². The minimum atomic E-state index is -0.279. The van der Waals surface area contributed by atoms with Crippen LogP contribution >= 0.6 is 0 Å². The monoisotopic (exact) mass is 381 g/mol. The maximum absolute atomic E-state index is 12.2. The van der Waals surface area contributed by atoms with Gasteiger partial charge in [-0.05, 0) is 52.7 Å². The SMILES string of the molecule is O=C(N/N=C\c1ccccn1)c1ccc(COc2ccc3ccccc3c2)cc1. The first-order valence-electron chi connectivity index (χ1n) is 9.23. The molecule has 0 saturated carbocycles. The number of amides is 1. The highest BCUT2D eigenvalue weighted by Crippen LogP contribution is 2.21. The number of carbonyl (C=O) groups excluding carboxylic acids is 1. The molecule has 1 aromatic heterocycles. The molecule has 0 fully saturated rings. The number of hydrazone groups is 1. The molecular weight excluding hydrogens is 362 g/mol. The van der Waals surface area contributed by atoms with Crippen LogP contribution in [0.2, 0.25) is 0 Å². The molecule has 0 saturated heterocycles. The maximum Gasteiger partial charge on any atom is 0.271 e. The highest BCUT2D eigenvalue weighted by Gasteiger charge is 2.05. The molecule has 4 rings (SSSR count). The Morgan fingerprint density at radius 1 is 0.931 bits per heavy atom. The van der Waals surface area contributed by atoms with Gasteiger partial charge in [-0.25, -0.2) is 5.43 Å². The summed E-state index contributed by atoms with van der Waals surface area (Å²) in [5.74, 6) is 0.536. The van der Waals surface area contributed by atoms with Crippen LogP contribution in [0.4, 0.5) is 0 Å². The second kappa shape index (κ2) is 8.80. The summed E-state index contributed by atoms with van der Waals surface area (Å²) in [7, 11) is 0. The number of hydrogen-bond donors (Lipinski definition) is 1. The first-order valence-corrected chi connectivity index (χ1v) is 9.23. The number of benzene rings is 3. The fourth-order valence-electron chi connectivity index (χ4n) is 2.85. The van der Waals surface area contributed by atoms with Crippen molar-refractivity contribution < 1.29 is 9.53 Å². The van der Waals surface area contributed by atoms with Crippen molar-refractivity contribution >= 4 is 22.9 Å². The third kappa shape index (κ3) is 4.84. The summed E-state index contributed by atoms with van der Waals surface area (Å²) in [5, 5.41) is 6.25. The number of nitrogens with one attached hydrogen (secondary N) is 1. The Bertz CT molecular complexity index is 1140. The quantitative estimate of drug-likeness (QED) is 0.393. The van der Waals surface area contributed by atoms with E-state index < -0.39 is 0 Å². The lowest BCUT2D eigenvalue weighted by atomic mass is 10.1. The zero-order chi connectivity index (χ0) is 19.9. The molecule has 0 aliphatic rings. The van der Waals surface area contributed by atoms with Crippen molar-refractivity contribution in [3.05, 3.63) is 108 Å². The van der Waals surface area contributed by atoms with Crippen LogP contribution in [0.1, 0.15) is 21.6 Å². The molecule has 5 heteroatoms. The van der Waals surface area contributed by atoms with Gasteiger partial charge in [-0.1, -0.05) is 48.5 Å². The molecule has 0 bridgehead atoms. The molecule has 29 heavy (non-hydrogen) atoms. The molecular formula is C24H19N3O2. The molecule has 1 heterocycles. The lowest BCUT2D eigenvalue weighted by Crippen LogP contribution is -2.17. The van der Waals surface area contributed by atoms with E-state index in [1.54, 1.807) is 24.4 Å². The molecule has 1 N–H and O–H groups in total. The highest BCUT2D eigenvalue weighted by molar-refractivity contribution is 5.94. The van der Waals surface area contributed by atoms with Gasteiger partial charge in [-0.2, -0.15) is 5.10 Å². The van der Waals surface area contributed by atoms with Crippen LogP contribution in [0.25, 0.3) is 10.8 Å². The van der Waals surface area contributed by atoms with Crippen molar-refractivity contribution in [2.24, 2.45) is 5.10 Å². The average molecular weight is 381 g/mol. The molecule has 4 aromatic rings. The van der Waals surface area contributed by atoms with Crippen LogP contribution in [0, 0.1) is 0 Å². The van der Waals surface area contributed by atoms with Crippen LogP contribution in [0.3, 0.4) is 0 Å². The van der Waals surface area contributed by atoms with Gasteiger partial charge in [0.25, 0.3) is 5.91 Å². The number of hydrogen-bond acceptors (Lipinski definition) is 4. The molecule has 0 aliphatic heterocycles. The molecule has 0 aliphatic carbocycles. The summed E-state index contributed by atoms with van der Waals surface area (Å²) in [5.41, 5.74) is 4.68. The molecule has 0 spiro atoms. The second-order valence-electron chi connectivity index (χ2n) is 6.45. The summed E-state index contributed by atoms with van der Waals surface area (Å²) in [6.45, 7) is 0.429. The molecule has 142 valence electrons. The third-order valence-corrected chi connectivity index (χ3v) is 4.39. The fourth-order valence-corrected chi connectivity index (χ4v) is 2.85. The summed E-state index contributed by atoms with van der Waals surface area (Å²) in [6, 6.07) is 26.9. The van der Waals surface area contributed by atoms with Crippen molar-refractivity contribution in [1.29, 1.82) is 0 Å². The Balaban J connectivity index is 1.33. The van der Waals surface area contributed by atoms with Gasteiger partial charge in [0.1, 0.15) is 12.4 Å². The van der Waals surface area contributed by atoms with Gasteiger partial charge < -0.3 is 4.74 Å². The summed E-state index contributed by atoms with van der Waals surface area (Å²) < 4.78 is 5.88. The zero-order valence-corrected chi connectivity index (χ0v) is 15.7. The minimum Gasteiger partial charge on any atom is -0.489 e. The number of rotatable bonds is 6. The normalized spacial score (nSPS) is 10.9. The maximum atomic E-state index is 12.2. The lowest BCUT2D eigenvalue weighted by molar-refractivity contribution is 0.0955. The van der Waals surface area contributed by atoms with E-state index in [2.05, 4.69) is 27.6 Å². The van der Waals surface area contributed by atoms with Gasteiger partial charge in [-0.15, -0.1) is 0 Å². The summed E-state index contributed by atoms with van der Waals surface area (Å²) in [6.07, 6.45) is 3.17. The Labute approximate surface area is 168 Å². The van der Waals surface area contributed by atoms with Crippen molar-refractivity contribution in [2.75, 3.05) is 0 Å². The molecule has 1 amide bonds. The summed E-state index contributed by atoms with van der Waals surface area (Å²) >= 11 is 0. The third-order valence-electron chi connectivity index (χ3n) is 4.39. The van der Waals surface area contributed by atoms with Crippen molar-refractivity contribution in [3.8, 4) is 5.75 Å². The van der Waals surface area contributed by atoms with Gasteiger partial charge in [0.05, 0.1) is 11.9 Å². The van der Waals surface area contributed by atoms with Gasteiger partial charge in [0.15, 0.2) is 0 Å². The standard InChI is InChI=1S/C24H19N3O2/c28-24(27-26-16-22-7-3-4-14-25-22)20-10-8-18(9-11-20)17-29-23-13-12-19-5-1-2-6-21(19)15-23/h1-16H,17H2,(H,27,28)/b26-16-. The first kappa shape index (κ1) is 18.4. The smallest absolute Gasteiger partial charge is 0.271 e. The number of nitrogens with zero attached hydrogens (tertiary/aromatic N) is 2. The predicted octanol–water partition coefficient (Wildman–Crippen LogP) is 4.58. The minimum absolute atomic E-state index is 0.279. The highest BCUT2D eigenvalue weighted by atomic mass is 16.5. The predicted molar refractivity (Wildman–Crippen MR) is 114 cm³/mol. The van der Waals surface area contributed by atoms with E-state index in [9.17, 15) is 4.79 Å². The molecule has 0 unspecified atom stereocenters. The van der Waals surface area contributed by atoms with E-state index in [1.807, 2.05) is 54.6 Å². The Hall–Kier alpha value is -3.99. The zero-order valence-electron chi connectivity index (χ0n) is 15.7. The van der Waals surface area contributed by atoms with Gasteiger partial charge in [0.2, 0.25) is 0 Å². The number of carbonyl (C=O) groups is 1. The molecule has 5 nitrogen and oxygen atoms in total. The van der Waals surface area contributed by atoms with Gasteiger partial charge in [-0.3, -0.25) is 9.78 Å². The van der Waals surface area contributed by atoms with Crippen LogP contribution in [-0.2, 0) is 6.61 Å². The van der Waals surface area contributed by atoms with Gasteiger partial charge in [0, 0.05) is 11.8 Å². The number of aromatic nitrogens is 1. The van der Waals surface area contributed by atoms with E-state index >= 15 is 0 Å². The van der Waals surface area contributed by atoms with Crippen LogP contribution in [-0.4, -0.2) is 17.1 Å². The first-order chi connectivity index (χ1) is 14.3. The Morgan fingerprint density at radius 2 is 1.72 bits per heavy atom. The summed E-state index contributed by atoms with van der Waals surface area (Å²) in [4.78, 5) is 16.3. The van der Waals surface area contributed by atoms with E-state index in [4.69, 9.17) is 4.74 Å². The topological polar surface area (TPSA) is 63.6 Å². The van der Waals surface area contributed by atoms with Crippen molar-refractivity contribution in [1.82, 2.24) is 10.4 Å². The molecule has 0 radical (unpaired) electrons. The Kier molecular flexibility index (Phi) is 5.58. The van der Waals surface area contributed by atoms with Gasteiger partial charge >= 0.3 is 0 Å². The van der Waals surface area contributed by atoms with E-state index in [0.717, 1.165) is 16.7 Å². The lowest BCUT2D eigenvalue weighted by Gasteiger charge is -2.08. The number of fused-ring (bicyclic) bond motifs is 1. The average Bonchev–Trinajstić information content (AvgIpc) is 2.78. The molecule has 3 aromatic carbocycles. The molecule has 0 atom stereocenters. The fraction of sp³-hybridized carbons (Fsp3) is 0.0417. The number of pyridine rings is 1. The largest absolute Gasteiger partial charge is 0.489 e. The Morgan fingerprint density at radius 3 is 2.52 bits per heavy atom. The van der Waals surface area contributed by atoms with E-state index in [1.165, 1.54) is 11.6 Å². The van der Waals surface area contributed by atoms with Crippen molar-refractivity contribution in [2.45, 2.75) is 6.61 Å². The number of ether oxygens (including phenoxy) is 1. The van der Waals surface area contributed by atoms with Crippen LogP contribution < -0.4 is 10.2 Å². The van der Waals surface area contributed by atoms with E-state index in [-0.39, 0.29) is 5.91 Å². The van der Waals surface area contributed by atoms with E-state index in [0.29, 0.717) is 17.9 Å². The second-order valence-corrected chi connectivity index (χ2v) is 6.45. The van der Waals surface area contributed by atoms with Crippen LogP contribution in [0.5, 0.6) is 5.75 Å².